The van der Waals surface area contributed by atoms with Crippen LogP contribution in [-0.4, -0.2) is 25.1 Å². The molecule has 0 aliphatic heterocycles. The molecule has 0 unspecified atom stereocenters. The highest BCUT2D eigenvalue weighted by Crippen LogP contribution is 2.21. The van der Waals surface area contributed by atoms with E-state index in [-0.39, 0.29) is 11.3 Å². The van der Waals surface area contributed by atoms with Crippen molar-refractivity contribution in [1.29, 1.82) is 0 Å². The quantitative estimate of drug-likeness (QED) is 0.831. The van der Waals surface area contributed by atoms with E-state index >= 15 is 0 Å². The maximum Gasteiger partial charge on any atom is 0.387 e. The van der Waals surface area contributed by atoms with Crippen molar-refractivity contribution >= 4 is 17.6 Å². The summed E-state index contributed by atoms with van der Waals surface area (Å²) < 4.78 is 33.6. The fourth-order valence-corrected chi connectivity index (χ4v) is 1.76. The summed E-state index contributed by atoms with van der Waals surface area (Å²) in [6, 6.07) is 14.0. The lowest BCUT2D eigenvalue weighted by atomic mass is 10.2. The van der Waals surface area contributed by atoms with Crippen LogP contribution in [0.3, 0.4) is 0 Å². The van der Waals surface area contributed by atoms with Crippen LogP contribution >= 0.6 is 0 Å². The van der Waals surface area contributed by atoms with E-state index in [2.05, 4.69) is 10.1 Å². The van der Waals surface area contributed by atoms with Crippen LogP contribution < -0.4 is 10.1 Å². The Hall–Kier alpha value is -2.96. The first-order chi connectivity index (χ1) is 11.1. The summed E-state index contributed by atoms with van der Waals surface area (Å²) in [6.45, 7) is -3.61. The van der Waals surface area contributed by atoms with Crippen LogP contribution in [0, 0.1) is 0 Å². The highest BCUT2D eigenvalue weighted by molar-refractivity contribution is 5.96. The molecule has 0 saturated heterocycles. The monoisotopic (exact) mass is 321 g/mol. The molecule has 1 N–H and O–H groups in total. The van der Waals surface area contributed by atoms with Crippen LogP contribution in [0.25, 0.3) is 0 Å². The number of halogens is 2. The Balaban J connectivity index is 1.93. The predicted molar refractivity (Wildman–Crippen MR) is 78.4 cm³/mol. The van der Waals surface area contributed by atoms with Crippen molar-refractivity contribution in [2.75, 3.05) is 11.9 Å². The van der Waals surface area contributed by atoms with Crippen molar-refractivity contribution in [3.05, 3.63) is 60.2 Å². The van der Waals surface area contributed by atoms with Gasteiger partial charge in [-0.15, -0.1) is 0 Å². The summed E-state index contributed by atoms with van der Waals surface area (Å²) in [7, 11) is 0. The van der Waals surface area contributed by atoms with E-state index in [0.717, 1.165) is 0 Å². The van der Waals surface area contributed by atoms with Crippen molar-refractivity contribution in [1.82, 2.24) is 0 Å². The minimum atomic E-state index is -3.06. The Morgan fingerprint density at radius 3 is 2.35 bits per heavy atom. The number of benzene rings is 2. The van der Waals surface area contributed by atoms with E-state index in [0.29, 0.717) is 5.69 Å². The van der Waals surface area contributed by atoms with Gasteiger partial charge in [0.05, 0.1) is 0 Å². The molecule has 0 spiro atoms. The van der Waals surface area contributed by atoms with Gasteiger partial charge in [0.15, 0.2) is 6.61 Å². The van der Waals surface area contributed by atoms with Gasteiger partial charge >= 0.3 is 12.6 Å². The van der Waals surface area contributed by atoms with Crippen molar-refractivity contribution in [2.45, 2.75) is 6.61 Å². The number of ether oxygens (including phenoxy) is 2. The van der Waals surface area contributed by atoms with E-state index in [1.54, 1.807) is 30.3 Å². The molecule has 0 bridgehead atoms. The van der Waals surface area contributed by atoms with Crippen LogP contribution in [-0.2, 0) is 9.53 Å². The molecule has 0 aliphatic carbocycles. The number of hydrogen-bond donors (Lipinski definition) is 1. The van der Waals surface area contributed by atoms with E-state index in [9.17, 15) is 18.4 Å². The van der Waals surface area contributed by atoms with Gasteiger partial charge in [0.2, 0.25) is 0 Å². The molecule has 0 saturated carbocycles. The number of para-hydroxylation sites is 2. The molecule has 23 heavy (non-hydrogen) atoms. The Morgan fingerprint density at radius 1 is 1.00 bits per heavy atom. The highest BCUT2D eigenvalue weighted by Gasteiger charge is 2.17. The van der Waals surface area contributed by atoms with Crippen LogP contribution in [0.15, 0.2) is 54.6 Å². The average molecular weight is 321 g/mol. The van der Waals surface area contributed by atoms with Crippen LogP contribution in [0.5, 0.6) is 5.75 Å². The molecule has 0 radical (unpaired) electrons. The SMILES string of the molecule is O=C(COC(=O)c1ccccc1OC(F)F)Nc1ccccc1. The molecule has 0 fully saturated rings. The lowest BCUT2D eigenvalue weighted by Crippen LogP contribution is -2.21. The lowest BCUT2D eigenvalue weighted by molar-refractivity contribution is -0.119. The Morgan fingerprint density at radius 2 is 1.65 bits per heavy atom. The van der Waals surface area contributed by atoms with Gasteiger partial charge in [-0.25, -0.2) is 4.79 Å². The molecule has 1 amide bonds. The first-order valence-corrected chi connectivity index (χ1v) is 6.62. The maximum atomic E-state index is 12.3. The second-order valence-electron chi connectivity index (χ2n) is 4.36. The van der Waals surface area contributed by atoms with Gasteiger partial charge in [-0.2, -0.15) is 8.78 Å². The number of carbonyl (C=O) groups excluding carboxylic acids is 2. The zero-order valence-corrected chi connectivity index (χ0v) is 11.9. The first-order valence-electron chi connectivity index (χ1n) is 6.62. The van der Waals surface area contributed by atoms with E-state index < -0.39 is 25.1 Å². The molecule has 2 aromatic carbocycles. The molecule has 5 nitrogen and oxygen atoms in total. The molecule has 0 aromatic heterocycles. The van der Waals surface area contributed by atoms with Gasteiger partial charge in [-0.1, -0.05) is 30.3 Å². The first kappa shape index (κ1) is 16.4. The minimum Gasteiger partial charge on any atom is -0.452 e. The van der Waals surface area contributed by atoms with Crippen LogP contribution in [0.4, 0.5) is 14.5 Å². The second kappa shape index (κ2) is 7.88. The van der Waals surface area contributed by atoms with Crippen LogP contribution in [0.1, 0.15) is 10.4 Å². The minimum absolute atomic E-state index is 0.180. The standard InChI is InChI=1S/C16H13F2NO4/c17-16(18)23-13-9-5-4-8-12(13)15(21)22-10-14(20)19-11-6-2-1-3-7-11/h1-9,16H,10H2,(H,19,20). The largest absolute Gasteiger partial charge is 0.452 e. The third-order valence-electron chi connectivity index (χ3n) is 2.71. The van der Waals surface area contributed by atoms with Gasteiger partial charge in [-0.3, -0.25) is 4.79 Å². The van der Waals surface area contributed by atoms with Crippen molar-refractivity contribution in [3.63, 3.8) is 0 Å². The topological polar surface area (TPSA) is 64.6 Å². The van der Waals surface area contributed by atoms with Gasteiger partial charge < -0.3 is 14.8 Å². The number of anilines is 1. The number of hydrogen-bond acceptors (Lipinski definition) is 4. The van der Waals surface area contributed by atoms with E-state index in [1.807, 2.05) is 0 Å². The van der Waals surface area contributed by atoms with Gasteiger partial charge in [-0.05, 0) is 24.3 Å². The number of carbonyl (C=O) groups is 2. The summed E-state index contributed by atoms with van der Waals surface area (Å²) >= 11 is 0. The van der Waals surface area contributed by atoms with Gasteiger partial charge in [0.25, 0.3) is 5.91 Å². The van der Waals surface area contributed by atoms with Crippen molar-refractivity contribution in [2.24, 2.45) is 0 Å². The van der Waals surface area contributed by atoms with E-state index in [1.165, 1.54) is 24.3 Å². The summed E-state index contributed by atoms with van der Waals surface area (Å²) in [5.74, 6) is -1.78. The molecule has 2 aromatic rings. The Kier molecular flexibility index (Phi) is 5.62. The molecule has 7 heteroatoms. The summed E-state index contributed by atoms with van der Waals surface area (Å²) in [6.07, 6.45) is 0. The van der Waals surface area contributed by atoms with Crippen LogP contribution in [0.2, 0.25) is 0 Å². The molecular formula is C16H13F2NO4. The number of nitrogens with one attached hydrogen (secondary N) is 1. The molecule has 0 heterocycles. The zero-order chi connectivity index (χ0) is 16.7. The van der Waals surface area contributed by atoms with Crippen molar-refractivity contribution < 1.29 is 27.8 Å². The third kappa shape index (κ3) is 5.06. The van der Waals surface area contributed by atoms with E-state index in [4.69, 9.17) is 4.74 Å². The molecule has 2 rings (SSSR count). The lowest BCUT2D eigenvalue weighted by Gasteiger charge is -2.10. The number of esters is 1. The number of rotatable bonds is 6. The molecule has 0 atom stereocenters. The smallest absolute Gasteiger partial charge is 0.387 e. The predicted octanol–water partition coefficient (Wildman–Crippen LogP) is 3.08. The summed E-state index contributed by atoms with van der Waals surface area (Å²) in [4.78, 5) is 23.5. The molecule has 0 aliphatic rings. The average Bonchev–Trinajstić information content (AvgIpc) is 2.53. The number of alkyl halides is 2. The third-order valence-corrected chi connectivity index (χ3v) is 2.71. The van der Waals surface area contributed by atoms with Gasteiger partial charge in [0, 0.05) is 5.69 Å². The normalized spacial score (nSPS) is 10.2. The fraction of sp³-hybridized carbons (Fsp3) is 0.125. The van der Waals surface area contributed by atoms with Crippen molar-refractivity contribution in [3.8, 4) is 5.75 Å². The zero-order valence-electron chi connectivity index (χ0n) is 11.9. The summed E-state index contributed by atoms with van der Waals surface area (Å²) in [5.41, 5.74) is 0.371. The fourth-order valence-electron chi connectivity index (χ4n) is 1.76. The Labute approximate surface area is 130 Å². The molecular weight excluding hydrogens is 308 g/mol. The second-order valence-corrected chi connectivity index (χ2v) is 4.36. The number of amides is 1. The maximum absolute atomic E-state index is 12.3. The highest BCUT2D eigenvalue weighted by atomic mass is 19.3. The van der Waals surface area contributed by atoms with Gasteiger partial charge in [0.1, 0.15) is 11.3 Å². The summed E-state index contributed by atoms with van der Waals surface area (Å²) in [5, 5.41) is 2.53. The molecule has 120 valence electrons. The Bertz CT molecular complexity index is 677.